The van der Waals surface area contributed by atoms with Gasteiger partial charge in [-0.1, -0.05) is 10.1 Å². The maximum atomic E-state index is 12.5. The van der Waals surface area contributed by atoms with Gasteiger partial charge < -0.3 is 9.07 Å². The summed E-state index contributed by atoms with van der Waals surface area (Å²) in [6.45, 7) is 0. The van der Waals surface area contributed by atoms with Crippen molar-refractivity contribution in [2.24, 2.45) is 0 Å². The van der Waals surface area contributed by atoms with Crippen molar-refractivity contribution in [2.75, 3.05) is 0 Å². The summed E-state index contributed by atoms with van der Waals surface area (Å²) in [6, 6.07) is 3.50. The fourth-order valence-electron chi connectivity index (χ4n) is 0.864. The minimum Gasteiger partial charge on any atom is -0.345 e. The van der Waals surface area contributed by atoms with E-state index in [1.807, 2.05) is 0 Å². The molecule has 0 aliphatic rings. The highest BCUT2D eigenvalue weighted by atomic mass is 35.5. The van der Waals surface area contributed by atoms with Gasteiger partial charge in [-0.15, -0.1) is 0 Å². The zero-order valence-corrected chi connectivity index (χ0v) is 7.95. The molecule has 0 radical (unpaired) electrons. The predicted octanol–water partition coefficient (Wildman–Crippen LogP) is 2.32. The summed E-state index contributed by atoms with van der Waals surface area (Å²) in [5, 5.41) is 0. The van der Waals surface area contributed by atoms with Crippen LogP contribution in [0, 0.1) is 11.6 Å². The van der Waals surface area contributed by atoms with Crippen LogP contribution >= 0.6 is 9.07 Å². The van der Waals surface area contributed by atoms with Gasteiger partial charge >= 0.3 is 19.3 Å². The molecule has 1 rings (SSSR count). The molecule has 0 unspecified atom stereocenters. The van der Waals surface area contributed by atoms with Crippen LogP contribution in [0.3, 0.4) is 0 Å². The van der Waals surface area contributed by atoms with Gasteiger partial charge in [-0.3, -0.25) is 0 Å². The Morgan fingerprint density at radius 1 is 1.18 bits per heavy atom. The van der Waals surface area contributed by atoms with Crippen LogP contribution in [0.25, 0.3) is 0 Å². The first-order valence-corrected chi connectivity index (χ1v) is 6.37. The van der Waals surface area contributed by atoms with Gasteiger partial charge in [0.05, 0.1) is 0 Å². The lowest BCUT2D eigenvalue weighted by atomic mass is 10.2. The highest BCUT2D eigenvalue weighted by Gasteiger charge is 2.00. The molecule has 0 nitrogen and oxygen atoms in total. The first-order chi connectivity index (χ1) is 5.22. The average molecular weight is 187 g/mol. The van der Waals surface area contributed by atoms with Crippen molar-refractivity contribution in [2.45, 2.75) is 4.55 Å². The Bertz CT molecular complexity index is 232. The summed E-state index contributed by atoms with van der Waals surface area (Å²) in [4.78, 5) is 0. The summed E-state index contributed by atoms with van der Waals surface area (Å²) in [7, 11) is 5.53. The normalized spacial score (nSPS) is 9.36. The maximum Gasteiger partial charge on any atom is 0.505 e. The number of rotatable bonds is 2. The van der Waals surface area contributed by atoms with Crippen molar-refractivity contribution in [3.63, 3.8) is 0 Å². The van der Waals surface area contributed by atoms with E-state index >= 15 is 0 Å². The summed E-state index contributed by atoms with van der Waals surface area (Å²) >= 11 is -0.677. The third-order valence-electron chi connectivity index (χ3n) is 1.31. The zero-order valence-electron chi connectivity index (χ0n) is 5.78. The second kappa shape index (κ2) is 4.23. The van der Waals surface area contributed by atoms with E-state index in [0.29, 0.717) is 10.1 Å². The van der Waals surface area contributed by atoms with Gasteiger partial charge in [-0.05, 0) is 12.1 Å². The van der Waals surface area contributed by atoms with Gasteiger partial charge in [0.15, 0.2) is 0 Å². The number of halogens is 3. The van der Waals surface area contributed by atoms with Crippen LogP contribution < -0.4 is 0 Å². The maximum absolute atomic E-state index is 12.5. The van der Waals surface area contributed by atoms with E-state index in [9.17, 15) is 8.78 Å². The number of benzene rings is 1. The molecule has 0 saturated heterocycles. The Kier molecular flexibility index (Phi) is 3.55. The van der Waals surface area contributed by atoms with E-state index in [2.05, 4.69) is 0 Å². The second-order valence-electron chi connectivity index (χ2n) is 2.22. The Hall–Kier alpha value is 0.136. The monoisotopic (exact) mass is 186 g/mol. The van der Waals surface area contributed by atoms with E-state index in [4.69, 9.17) is 9.07 Å². The average Bonchev–Trinajstić information content (AvgIpc) is 1.85. The Labute approximate surface area is 77.1 Å². The summed E-state index contributed by atoms with van der Waals surface area (Å²) in [5.74, 6) is -1.06. The lowest BCUT2D eigenvalue weighted by molar-refractivity contribution is 0.581. The molecular formula is C7H5ClF2Mg. The summed E-state index contributed by atoms with van der Waals surface area (Å²) in [6.07, 6.45) is 0. The molecule has 4 heteroatoms. The van der Waals surface area contributed by atoms with Crippen LogP contribution in [0.2, 0.25) is 0 Å². The largest absolute Gasteiger partial charge is 0.505 e. The molecule has 0 bridgehead atoms. The molecule has 0 amide bonds. The molecule has 56 valence electrons. The van der Waals surface area contributed by atoms with Crippen molar-refractivity contribution in [1.82, 2.24) is 0 Å². The SMILES string of the molecule is Fc1cc(F)cc([CH2][Mg][Cl])c1. The topological polar surface area (TPSA) is 0 Å². The minimum absolute atomic E-state index is 0.529. The first kappa shape index (κ1) is 9.23. The van der Waals surface area contributed by atoms with Gasteiger partial charge in [0.2, 0.25) is 0 Å². The van der Waals surface area contributed by atoms with E-state index in [1.54, 1.807) is 0 Å². The predicted molar refractivity (Wildman–Crippen MR) is 41.7 cm³/mol. The molecule has 0 aliphatic carbocycles. The molecule has 0 N–H and O–H groups in total. The molecule has 0 atom stereocenters. The van der Waals surface area contributed by atoms with E-state index in [0.717, 1.165) is 6.07 Å². The van der Waals surface area contributed by atoms with E-state index in [-0.39, 0.29) is 0 Å². The van der Waals surface area contributed by atoms with Gasteiger partial charge in [0, 0.05) is 6.07 Å². The molecule has 1 aromatic carbocycles. The molecule has 1 aromatic rings. The zero-order chi connectivity index (χ0) is 8.27. The van der Waals surface area contributed by atoms with Crippen LogP contribution in [-0.2, 0) is 4.55 Å². The molecule has 0 aromatic heterocycles. The third kappa shape index (κ3) is 2.93. The van der Waals surface area contributed by atoms with Crippen LogP contribution in [-0.4, -0.2) is 19.3 Å². The van der Waals surface area contributed by atoms with E-state index < -0.39 is 30.9 Å². The minimum atomic E-state index is -0.677. The first-order valence-electron chi connectivity index (χ1n) is 3.23. The highest BCUT2D eigenvalue weighted by molar-refractivity contribution is 6.93. The quantitative estimate of drug-likeness (QED) is 0.623. The fourth-order valence-corrected chi connectivity index (χ4v) is 2.03. The Morgan fingerprint density at radius 2 is 1.73 bits per heavy atom. The van der Waals surface area contributed by atoms with E-state index in [1.165, 1.54) is 12.1 Å². The van der Waals surface area contributed by atoms with Crippen LogP contribution in [0.4, 0.5) is 8.78 Å². The lowest BCUT2D eigenvalue weighted by Crippen LogP contribution is -1.91. The van der Waals surface area contributed by atoms with Crippen LogP contribution in [0.15, 0.2) is 18.2 Å². The van der Waals surface area contributed by atoms with Gasteiger partial charge in [0.25, 0.3) is 0 Å². The number of hydrogen-bond acceptors (Lipinski definition) is 0. The van der Waals surface area contributed by atoms with Crippen molar-refractivity contribution in [3.8, 4) is 0 Å². The van der Waals surface area contributed by atoms with Crippen molar-refractivity contribution in [3.05, 3.63) is 35.4 Å². The molecule has 0 heterocycles. The molecule has 0 spiro atoms. The van der Waals surface area contributed by atoms with Crippen molar-refractivity contribution < 1.29 is 8.78 Å². The van der Waals surface area contributed by atoms with Crippen molar-refractivity contribution in [1.29, 1.82) is 0 Å². The standard InChI is InChI=1S/C7H5F2.ClH.Mg/c1-5-2-6(8)4-7(9)3-5;;/h2-4H,1H2;1H;/q;;+1/p-1. The van der Waals surface area contributed by atoms with Gasteiger partial charge in [-0.25, -0.2) is 8.78 Å². The molecule has 11 heavy (non-hydrogen) atoms. The highest BCUT2D eigenvalue weighted by Crippen LogP contribution is 2.08. The lowest BCUT2D eigenvalue weighted by Gasteiger charge is -1.97. The number of hydrogen-bond donors (Lipinski definition) is 0. The van der Waals surface area contributed by atoms with Gasteiger partial charge in [0.1, 0.15) is 11.6 Å². The summed E-state index contributed by atoms with van der Waals surface area (Å²) in [5.41, 5.74) is 0.657. The van der Waals surface area contributed by atoms with Crippen molar-refractivity contribution >= 4 is 28.3 Å². The summed E-state index contributed by atoms with van der Waals surface area (Å²) < 4.78 is 25.6. The van der Waals surface area contributed by atoms with Crippen LogP contribution in [0.1, 0.15) is 5.56 Å². The smallest absolute Gasteiger partial charge is 0.345 e. The Morgan fingerprint density at radius 3 is 2.18 bits per heavy atom. The molecule has 0 fully saturated rings. The molecule has 0 saturated carbocycles. The molecule has 0 aliphatic heterocycles. The Balaban J connectivity index is 2.89. The van der Waals surface area contributed by atoms with Crippen LogP contribution in [0.5, 0.6) is 0 Å². The second-order valence-corrected chi connectivity index (χ2v) is 4.23. The third-order valence-corrected chi connectivity index (χ3v) is 2.64. The molecular weight excluding hydrogens is 182 g/mol. The van der Waals surface area contributed by atoms with Gasteiger partial charge in [-0.2, -0.15) is 0 Å². The fraction of sp³-hybridized carbons (Fsp3) is 0.143.